The van der Waals surface area contributed by atoms with Gasteiger partial charge < -0.3 is 29.1 Å². The van der Waals surface area contributed by atoms with Gasteiger partial charge in [-0.25, -0.2) is 0 Å². The lowest BCUT2D eigenvalue weighted by Gasteiger charge is -2.33. The Morgan fingerprint density at radius 3 is 2.61 bits per heavy atom. The SMILES string of the molecule is COc1ccc(CN(C)CCC2CCOCC2)cc1OC[C@@H](O)CN1CCN(C)CC1. The predicted octanol–water partition coefficient (Wildman–Crippen LogP) is 1.93. The Morgan fingerprint density at radius 2 is 1.90 bits per heavy atom. The Labute approximate surface area is 187 Å². The molecule has 2 saturated heterocycles. The highest BCUT2D eigenvalue weighted by molar-refractivity contribution is 5.43. The van der Waals surface area contributed by atoms with Gasteiger partial charge in [0.25, 0.3) is 0 Å². The maximum atomic E-state index is 10.5. The summed E-state index contributed by atoms with van der Waals surface area (Å²) >= 11 is 0. The summed E-state index contributed by atoms with van der Waals surface area (Å²) in [5, 5.41) is 10.5. The van der Waals surface area contributed by atoms with Crippen molar-refractivity contribution >= 4 is 0 Å². The molecule has 0 unspecified atom stereocenters. The Bertz CT molecular complexity index is 646. The van der Waals surface area contributed by atoms with Gasteiger partial charge in [0.15, 0.2) is 11.5 Å². The minimum Gasteiger partial charge on any atom is -0.493 e. The fourth-order valence-electron chi connectivity index (χ4n) is 4.33. The number of nitrogens with zero attached hydrogens (tertiary/aromatic N) is 3. The Balaban J connectivity index is 1.46. The molecule has 0 aliphatic carbocycles. The second-order valence-corrected chi connectivity index (χ2v) is 9.14. The van der Waals surface area contributed by atoms with Crippen molar-refractivity contribution in [3.8, 4) is 11.5 Å². The lowest BCUT2D eigenvalue weighted by molar-refractivity contribution is 0.0497. The minimum atomic E-state index is -0.515. The zero-order valence-electron chi connectivity index (χ0n) is 19.6. The van der Waals surface area contributed by atoms with Gasteiger partial charge in [-0.3, -0.25) is 4.90 Å². The highest BCUT2D eigenvalue weighted by atomic mass is 16.5. The highest BCUT2D eigenvalue weighted by Crippen LogP contribution is 2.29. The van der Waals surface area contributed by atoms with Crippen LogP contribution in [0, 0.1) is 5.92 Å². The molecule has 0 saturated carbocycles. The third-order valence-corrected chi connectivity index (χ3v) is 6.44. The lowest BCUT2D eigenvalue weighted by atomic mass is 9.96. The van der Waals surface area contributed by atoms with Crippen LogP contribution in [0.25, 0.3) is 0 Å². The molecule has 0 bridgehead atoms. The van der Waals surface area contributed by atoms with Crippen LogP contribution in [-0.2, 0) is 11.3 Å². The molecular formula is C24H41N3O4. The van der Waals surface area contributed by atoms with E-state index in [1.807, 2.05) is 12.1 Å². The maximum absolute atomic E-state index is 10.5. The third-order valence-electron chi connectivity index (χ3n) is 6.44. The first-order valence-corrected chi connectivity index (χ1v) is 11.7. The maximum Gasteiger partial charge on any atom is 0.161 e. The van der Waals surface area contributed by atoms with Crippen molar-refractivity contribution in [3.05, 3.63) is 23.8 Å². The second kappa shape index (κ2) is 12.6. The summed E-state index contributed by atoms with van der Waals surface area (Å²) in [6.07, 6.45) is 3.08. The summed E-state index contributed by atoms with van der Waals surface area (Å²) in [6, 6.07) is 6.10. The van der Waals surface area contributed by atoms with E-state index in [1.165, 1.54) is 24.8 Å². The first-order chi connectivity index (χ1) is 15.0. The van der Waals surface area contributed by atoms with Crippen LogP contribution < -0.4 is 9.47 Å². The molecule has 0 radical (unpaired) electrons. The molecule has 1 aromatic rings. The average molecular weight is 436 g/mol. The Morgan fingerprint density at radius 1 is 1.16 bits per heavy atom. The summed E-state index contributed by atoms with van der Waals surface area (Å²) in [6.45, 7) is 8.76. The van der Waals surface area contributed by atoms with Gasteiger partial charge >= 0.3 is 0 Å². The third kappa shape index (κ3) is 8.24. The summed E-state index contributed by atoms with van der Waals surface area (Å²) in [7, 11) is 5.96. The molecule has 0 amide bonds. The molecule has 1 atom stereocenters. The fraction of sp³-hybridized carbons (Fsp3) is 0.750. The first kappa shape index (κ1) is 24.3. The van der Waals surface area contributed by atoms with Gasteiger partial charge in [0.2, 0.25) is 0 Å². The highest BCUT2D eigenvalue weighted by Gasteiger charge is 2.18. The van der Waals surface area contributed by atoms with Crippen LogP contribution in [0.2, 0.25) is 0 Å². The number of likely N-dealkylation sites (N-methyl/N-ethyl adjacent to an activating group) is 1. The summed E-state index contributed by atoms with van der Waals surface area (Å²) < 4.78 is 16.9. The molecule has 1 aromatic carbocycles. The van der Waals surface area contributed by atoms with E-state index in [1.54, 1.807) is 7.11 Å². The number of rotatable bonds is 11. The van der Waals surface area contributed by atoms with Crippen molar-refractivity contribution in [2.75, 3.05) is 80.3 Å². The number of hydrogen-bond donors (Lipinski definition) is 1. The van der Waals surface area contributed by atoms with Gasteiger partial charge in [-0.05, 0) is 63.5 Å². The number of ether oxygens (including phenoxy) is 3. The molecule has 0 aromatic heterocycles. The van der Waals surface area contributed by atoms with Crippen LogP contribution in [0.1, 0.15) is 24.8 Å². The molecule has 7 nitrogen and oxygen atoms in total. The standard InChI is InChI=1S/C24H41N3O4/c1-25-10-12-27(13-11-25)18-22(28)19-31-24-16-21(4-5-23(24)29-3)17-26(2)9-6-20-7-14-30-15-8-20/h4-5,16,20,22,28H,6-15,17-19H2,1-3H3/t22-/m0/s1. The van der Waals surface area contributed by atoms with Crippen molar-refractivity contribution in [2.24, 2.45) is 5.92 Å². The van der Waals surface area contributed by atoms with Gasteiger partial charge in [-0.2, -0.15) is 0 Å². The van der Waals surface area contributed by atoms with Crippen molar-refractivity contribution in [2.45, 2.75) is 31.9 Å². The van der Waals surface area contributed by atoms with E-state index >= 15 is 0 Å². The van der Waals surface area contributed by atoms with E-state index in [0.717, 1.165) is 58.4 Å². The number of aliphatic hydroxyl groups excluding tert-OH is 1. The van der Waals surface area contributed by atoms with Gasteiger partial charge in [0.1, 0.15) is 12.7 Å². The molecule has 176 valence electrons. The van der Waals surface area contributed by atoms with Crippen molar-refractivity contribution in [1.82, 2.24) is 14.7 Å². The number of hydrogen-bond acceptors (Lipinski definition) is 7. The van der Waals surface area contributed by atoms with Crippen molar-refractivity contribution in [3.63, 3.8) is 0 Å². The van der Waals surface area contributed by atoms with Crippen molar-refractivity contribution in [1.29, 1.82) is 0 Å². The monoisotopic (exact) mass is 435 g/mol. The van der Waals surface area contributed by atoms with E-state index < -0.39 is 6.10 Å². The van der Waals surface area contributed by atoms with Crippen LogP contribution in [0.15, 0.2) is 18.2 Å². The van der Waals surface area contributed by atoms with Crippen LogP contribution in [-0.4, -0.2) is 106 Å². The molecule has 31 heavy (non-hydrogen) atoms. The molecule has 1 N–H and O–H groups in total. The predicted molar refractivity (Wildman–Crippen MR) is 123 cm³/mol. The smallest absolute Gasteiger partial charge is 0.161 e. The lowest BCUT2D eigenvalue weighted by Crippen LogP contribution is -2.47. The van der Waals surface area contributed by atoms with Crippen LogP contribution in [0.5, 0.6) is 11.5 Å². The van der Waals surface area contributed by atoms with Crippen molar-refractivity contribution < 1.29 is 19.3 Å². The molecular weight excluding hydrogens is 394 g/mol. The largest absolute Gasteiger partial charge is 0.493 e. The Kier molecular flexibility index (Phi) is 9.87. The molecule has 7 heteroatoms. The topological polar surface area (TPSA) is 57.6 Å². The molecule has 3 rings (SSSR count). The van der Waals surface area contributed by atoms with E-state index in [4.69, 9.17) is 14.2 Å². The fourth-order valence-corrected chi connectivity index (χ4v) is 4.33. The summed E-state index contributed by atoms with van der Waals surface area (Å²) in [4.78, 5) is 6.98. The molecule has 0 spiro atoms. The average Bonchev–Trinajstić information content (AvgIpc) is 2.79. The summed E-state index contributed by atoms with van der Waals surface area (Å²) in [5.41, 5.74) is 1.19. The van der Waals surface area contributed by atoms with E-state index in [2.05, 4.69) is 34.9 Å². The quantitative estimate of drug-likeness (QED) is 0.570. The van der Waals surface area contributed by atoms with Crippen LogP contribution >= 0.6 is 0 Å². The van der Waals surface area contributed by atoms with Gasteiger partial charge in [-0.15, -0.1) is 0 Å². The van der Waals surface area contributed by atoms with E-state index in [9.17, 15) is 5.11 Å². The summed E-state index contributed by atoms with van der Waals surface area (Å²) in [5.74, 6) is 2.20. The van der Waals surface area contributed by atoms with E-state index in [-0.39, 0.29) is 6.61 Å². The van der Waals surface area contributed by atoms with E-state index in [0.29, 0.717) is 18.0 Å². The molecule has 2 heterocycles. The number of methoxy groups -OCH3 is 1. The minimum absolute atomic E-state index is 0.270. The number of piperazine rings is 1. The zero-order valence-corrected chi connectivity index (χ0v) is 19.6. The number of β-amino-alcohol motifs (C(OH)–C–C–N with tert-alkyl or cyclic N) is 1. The van der Waals surface area contributed by atoms with Gasteiger partial charge in [-0.1, -0.05) is 6.07 Å². The van der Waals surface area contributed by atoms with Gasteiger partial charge in [0, 0.05) is 52.5 Å². The van der Waals surface area contributed by atoms with Crippen LogP contribution in [0.4, 0.5) is 0 Å². The molecule has 2 aliphatic rings. The Hall–Kier alpha value is -1.38. The van der Waals surface area contributed by atoms with Gasteiger partial charge in [0.05, 0.1) is 7.11 Å². The number of benzene rings is 1. The normalized spacial score (nSPS) is 20.2. The first-order valence-electron chi connectivity index (χ1n) is 11.7. The van der Waals surface area contributed by atoms with Crippen LogP contribution in [0.3, 0.4) is 0 Å². The second-order valence-electron chi connectivity index (χ2n) is 9.14. The molecule has 2 fully saturated rings. The number of aliphatic hydroxyl groups is 1. The zero-order chi connectivity index (χ0) is 22.1. The molecule has 2 aliphatic heterocycles.